The average molecular weight is 881 g/mol. The van der Waals surface area contributed by atoms with E-state index in [9.17, 15) is 60.7 Å². The summed E-state index contributed by atoms with van der Waals surface area (Å²) in [4.78, 5) is 26.1. The number of phenolic OH excluding ortho intramolecular Hbond substituents is 1. The van der Waals surface area contributed by atoms with Gasteiger partial charge in [-0.3, -0.25) is 9.59 Å². The number of rotatable bonds is 13. The number of aliphatic hydroxyl groups is 9. The predicted octanol–water partition coefficient (Wildman–Crippen LogP) is -1.54. The van der Waals surface area contributed by atoms with Gasteiger partial charge in [0.1, 0.15) is 102 Å². The molecule has 10 N–H and O–H groups in total. The van der Waals surface area contributed by atoms with Crippen LogP contribution in [0.4, 0.5) is 0 Å². The number of ether oxygens (including phenoxy) is 8. The number of aliphatic hydroxyl groups excluding tert-OH is 9. The van der Waals surface area contributed by atoms with Gasteiger partial charge in [-0.2, -0.15) is 0 Å². The van der Waals surface area contributed by atoms with Crippen LogP contribution < -0.4 is 19.6 Å². The molecule has 342 valence electrons. The van der Waals surface area contributed by atoms with Gasteiger partial charge in [-0.25, -0.2) is 0 Å². The van der Waals surface area contributed by atoms with Gasteiger partial charge in [-0.05, 0) is 51.5 Å². The molecular weight excluding hydrogens is 828 g/mol. The molecule has 2 aromatic carbocycles. The van der Waals surface area contributed by atoms with Gasteiger partial charge in [0, 0.05) is 24.1 Å². The molecule has 0 radical (unpaired) electrons. The minimum atomic E-state index is -1.98. The summed E-state index contributed by atoms with van der Waals surface area (Å²) in [5, 5.41) is 107. The molecule has 0 saturated carbocycles. The Bertz CT molecular complexity index is 2120. The number of hydrogen-bond acceptors (Lipinski definition) is 21. The van der Waals surface area contributed by atoms with Crippen molar-refractivity contribution in [3.63, 3.8) is 0 Å². The first-order valence-electron chi connectivity index (χ1n) is 19.6. The van der Waals surface area contributed by atoms with E-state index in [4.69, 9.17) is 42.3 Å². The Morgan fingerprint density at radius 3 is 2.00 bits per heavy atom. The second kappa shape index (κ2) is 19.5. The van der Waals surface area contributed by atoms with Crippen LogP contribution in [-0.2, 0) is 34.9 Å². The zero-order valence-electron chi connectivity index (χ0n) is 34.2. The van der Waals surface area contributed by atoms with Crippen LogP contribution in [0.2, 0.25) is 0 Å². The van der Waals surface area contributed by atoms with Gasteiger partial charge in [-0.15, -0.1) is 0 Å². The molecule has 21 heteroatoms. The van der Waals surface area contributed by atoms with Crippen molar-refractivity contribution < 1.29 is 98.2 Å². The molecule has 21 nitrogen and oxygen atoms in total. The molecule has 0 spiro atoms. The van der Waals surface area contributed by atoms with Crippen molar-refractivity contribution in [1.82, 2.24) is 0 Å². The second-order valence-electron chi connectivity index (χ2n) is 15.4. The molecule has 0 unspecified atom stereocenters. The third-order valence-electron chi connectivity index (χ3n) is 10.8. The smallest absolute Gasteiger partial charge is 0.302 e. The van der Waals surface area contributed by atoms with E-state index in [0.717, 1.165) is 18.6 Å². The molecule has 0 bridgehead atoms. The Labute approximate surface area is 353 Å². The monoisotopic (exact) mass is 880 g/mol. The summed E-state index contributed by atoms with van der Waals surface area (Å²) >= 11 is 0. The standard InChI is InChI=1S/C41H52O21/c1-15(2)6-11-20-22(57-39-32(51)30(49)27(46)23(13-42)58-39)12-21(44)25-29(48)38(35(60-36(20)25)18-7-9-19(54-5)10-8-18)62-41-34(53)37(26(45)16(3)56-41)61-40-33(52)31(50)28(47)24(59-40)14-55-17(4)43/h6-10,12,16,23-24,26-28,30-34,37,39-42,44-47,49-53H,11,13-14H2,1-5H3/t16-,23+,24+,26-,27+,28-,30-,31-,32+,33+,34+,37+,39+,40-,41-/m0/s1. The lowest BCUT2D eigenvalue weighted by molar-refractivity contribution is -0.350. The van der Waals surface area contributed by atoms with Crippen molar-refractivity contribution in [2.75, 3.05) is 20.3 Å². The molecule has 6 rings (SSSR count). The van der Waals surface area contributed by atoms with Crippen LogP contribution in [0.25, 0.3) is 22.3 Å². The lowest BCUT2D eigenvalue weighted by Crippen LogP contribution is -2.64. The highest BCUT2D eigenvalue weighted by Crippen LogP contribution is 2.42. The number of aromatic hydroxyl groups is 1. The van der Waals surface area contributed by atoms with Crippen LogP contribution in [0, 0.1) is 0 Å². The third-order valence-corrected chi connectivity index (χ3v) is 10.8. The van der Waals surface area contributed by atoms with E-state index in [-0.39, 0.29) is 34.6 Å². The van der Waals surface area contributed by atoms with Crippen molar-refractivity contribution in [2.45, 2.75) is 126 Å². The normalized spacial score (nSPS) is 33.7. The lowest BCUT2D eigenvalue weighted by Gasteiger charge is -2.45. The van der Waals surface area contributed by atoms with Crippen molar-refractivity contribution in [1.29, 1.82) is 0 Å². The molecule has 1 aromatic heterocycles. The van der Waals surface area contributed by atoms with Crippen molar-refractivity contribution >= 4 is 16.9 Å². The quantitative estimate of drug-likeness (QED) is 0.0687. The van der Waals surface area contributed by atoms with E-state index < -0.39 is 134 Å². The van der Waals surface area contributed by atoms with Crippen LogP contribution in [-0.4, -0.2) is 169 Å². The Hall–Kier alpha value is -4.46. The molecule has 15 atom stereocenters. The van der Waals surface area contributed by atoms with Gasteiger partial charge in [0.05, 0.1) is 19.8 Å². The Morgan fingerprint density at radius 1 is 0.774 bits per heavy atom. The number of methoxy groups -OCH3 is 1. The van der Waals surface area contributed by atoms with Gasteiger partial charge in [0.25, 0.3) is 0 Å². The predicted molar refractivity (Wildman–Crippen MR) is 209 cm³/mol. The van der Waals surface area contributed by atoms with Crippen LogP contribution in [0.3, 0.4) is 0 Å². The summed E-state index contributed by atoms with van der Waals surface area (Å²) < 4.78 is 51.5. The zero-order valence-corrected chi connectivity index (χ0v) is 34.2. The molecule has 3 aliphatic heterocycles. The number of carbonyl (C=O) groups excluding carboxylic acids is 1. The van der Waals surface area contributed by atoms with Crippen LogP contribution in [0.5, 0.6) is 23.0 Å². The van der Waals surface area contributed by atoms with Crippen LogP contribution in [0.15, 0.2) is 51.2 Å². The average Bonchev–Trinajstić information content (AvgIpc) is 3.24. The number of allylic oxidation sites excluding steroid dienone is 2. The first-order valence-corrected chi connectivity index (χ1v) is 19.6. The summed E-state index contributed by atoms with van der Waals surface area (Å²) in [5.74, 6) is -2.07. The number of hydrogen-bond donors (Lipinski definition) is 10. The van der Waals surface area contributed by atoms with Gasteiger partial charge in [0.2, 0.25) is 23.8 Å². The molecule has 3 fully saturated rings. The highest BCUT2D eigenvalue weighted by molar-refractivity contribution is 5.91. The first-order chi connectivity index (χ1) is 29.4. The molecule has 0 amide bonds. The lowest BCUT2D eigenvalue weighted by atomic mass is 9.97. The van der Waals surface area contributed by atoms with E-state index in [0.29, 0.717) is 5.75 Å². The van der Waals surface area contributed by atoms with Crippen LogP contribution in [0.1, 0.15) is 33.3 Å². The highest BCUT2D eigenvalue weighted by atomic mass is 16.7. The molecular formula is C41H52O21. The fourth-order valence-electron chi connectivity index (χ4n) is 7.19. The maximum Gasteiger partial charge on any atom is 0.302 e. The minimum absolute atomic E-state index is 0.00150. The number of fused-ring (bicyclic) bond motifs is 1. The Balaban J connectivity index is 1.43. The number of carbonyl (C=O) groups is 1. The number of benzene rings is 2. The Kier molecular flexibility index (Phi) is 14.8. The maximum atomic E-state index is 14.7. The van der Waals surface area contributed by atoms with E-state index in [1.165, 1.54) is 26.2 Å². The summed E-state index contributed by atoms with van der Waals surface area (Å²) in [6.07, 6.45) is -23.7. The van der Waals surface area contributed by atoms with Crippen LogP contribution >= 0.6 is 0 Å². The molecule has 3 saturated heterocycles. The molecule has 62 heavy (non-hydrogen) atoms. The van der Waals surface area contributed by atoms with Crippen molar-refractivity contribution in [3.05, 3.63) is 57.8 Å². The minimum Gasteiger partial charge on any atom is -0.507 e. The number of phenols is 1. The summed E-state index contributed by atoms with van der Waals surface area (Å²) in [6.45, 7) is 4.79. The zero-order chi connectivity index (χ0) is 45.3. The van der Waals surface area contributed by atoms with Gasteiger partial charge >= 0.3 is 5.97 Å². The van der Waals surface area contributed by atoms with E-state index in [1.54, 1.807) is 32.1 Å². The van der Waals surface area contributed by atoms with Crippen molar-refractivity contribution in [3.8, 4) is 34.3 Å². The van der Waals surface area contributed by atoms with E-state index >= 15 is 0 Å². The molecule has 4 heterocycles. The second-order valence-corrected chi connectivity index (χ2v) is 15.4. The van der Waals surface area contributed by atoms with Gasteiger partial charge in [-0.1, -0.05) is 11.6 Å². The topological polar surface area (TPSA) is 323 Å². The van der Waals surface area contributed by atoms with E-state index in [1.807, 2.05) is 0 Å². The third kappa shape index (κ3) is 9.55. The van der Waals surface area contributed by atoms with Gasteiger partial charge < -0.3 is 93.4 Å². The molecule has 0 aliphatic carbocycles. The fourth-order valence-corrected chi connectivity index (χ4v) is 7.19. The molecule has 3 aromatic rings. The van der Waals surface area contributed by atoms with Gasteiger partial charge in [0.15, 0.2) is 12.1 Å². The van der Waals surface area contributed by atoms with E-state index in [2.05, 4.69) is 0 Å². The molecule has 3 aliphatic rings. The van der Waals surface area contributed by atoms with Crippen molar-refractivity contribution in [2.24, 2.45) is 0 Å². The maximum absolute atomic E-state index is 14.7. The highest BCUT2D eigenvalue weighted by Gasteiger charge is 2.51. The Morgan fingerprint density at radius 2 is 1.39 bits per heavy atom. The largest absolute Gasteiger partial charge is 0.507 e. The summed E-state index contributed by atoms with van der Waals surface area (Å²) in [6, 6.07) is 7.17. The SMILES string of the molecule is COc1ccc(-c2oc3c(CC=C(C)C)c(O[C@@H]4O[C@H](CO)[C@@H](O)[C@H](O)[C@H]4O)cc(O)c3c(=O)c2O[C@@H]2O[C@@H](C)[C@H](O)[C@@H](O[C@@H]3O[C@H](COC(C)=O)[C@H](O)[C@H](O)[C@H]3O)[C@H]2O)cc1. The first kappa shape index (κ1) is 47.0. The summed E-state index contributed by atoms with van der Waals surface area (Å²) in [5.41, 5.74) is -0.0532. The summed E-state index contributed by atoms with van der Waals surface area (Å²) in [7, 11) is 1.44. The fraction of sp³-hybridized carbons (Fsp3) is 0.561. The number of esters is 1.